The lowest BCUT2D eigenvalue weighted by Crippen LogP contribution is -2.36. The molecule has 0 aliphatic rings. The van der Waals surface area contributed by atoms with E-state index in [2.05, 4.69) is 15.6 Å². The molecular weight excluding hydrogens is 294 g/mol. The third-order valence-corrected chi connectivity index (χ3v) is 3.25. The summed E-state index contributed by atoms with van der Waals surface area (Å²) >= 11 is 0. The molecule has 2 rings (SSSR count). The van der Waals surface area contributed by atoms with Crippen molar-refractivity contribution in [2.75, 3.05) is 6.54 Å². The summed E-state index contributed by atoms with van der Waals surface area (Å²) in [6.07, 6.45) is 0. The summed E-state index contributed by atoms with van der Waals surface area (Å²) in [5.74, 6) is -0.615. The molecule has 120 valence electrons. The molecule has 1 heterocycles. The van der Waals surface area contributed by atoms with Crippen LogP contribution in [0.5, 0.6) is 0 Å². The van der Waals surface area contributed by atoms with E-state index >= 15 is 0 Å². The van der Waals surface area contributed by atoms with Crippen LogP contribution >= 0.6 is 0 Å². The topological polar surface area (TPSA) is 91.1 Å². The first kappa shape index (κ1) is 16.5. The number of rotatable bonds is 5. The quantitative estimate of drug-likeness (QED) is 0.770. The maximum Gasteiger partial charge on any atom is 0.251 e. The van der Waals surface area contributed by atoms with Gasteiger partial charge >= 0.3 is 0 Å². The molecule has 1 aromatic carbocycles. The van der Waals surface area contributed by atoms with Crippen LogP contribution in [0.1, 0.15) is 27.2 Å². The maximum absolute atomic E-state index is 11.9. The van der Waals surface area contributed by atoms with Gasteiger partial charge in [-0.25, -0.2) is 0 Å². The lowest BCUT2D eigenvalue weighted by molar-refractivity contribution is -0.120. The first-order chi connectivity index (χ1) is 10.9. The van der Waals surface area contributed by atoms with E-state index in [1.807, 2.05) is 19.1 Å². The van der Waals surface area contributed by atoms with Gasteiger partial charge in [-0.1, -0.05) is 17.7 Å². The van der Waals surface area contributed by atoms with Crippen LogP contribution in [0.2, 0.25) is 0 Å². The number of benzene rings is 1. The molecule has 0 saturated heterocycles. The predicted molar refractivity (Wildman–Crippen MR) is 87.2 cm³/mol. The molecule has 0 saturated carbocycles. The van der Waals surface area contributed by atoms with Crippen LogP contribution in [0.15, 0.2) is 41.2 Å². The summed E-state index contributed by atoms with van der Waals surface area (Å²) in [6.45, 7) is 3.83. The molecule has 0 aliphatic carbocycles. The van der Waals surface area contributed by atoms with Crippen LogP contribution in [-0.4, -0.2) is 23.3 Å². The van der Waals surface area contributed by atoms with Crippen molar-refractivity contribution in [2.24, 2.45) is 0 Å². The second-order valence-electron chi connectivity index (χ2n) is 5.36. The Labute approximate surface area is 133 Å². The van der Waals surface area contributed by atoms with Gasteiger partial charge < -0.3 is 15.6 Å². The number of carbonyl (C=O) groups is 2. The molecule has 3 N–H and O–H groups in total. The van der Waals surface area contributed by atoms with E-state index in [0.717, 1.165) is 11.3 Å². The summed E-state index contributed by atoms with van der Waals surface area (Å²) in [6, 6.07) is 10.3. The number of aromatic amines is 1. The van der Waals surface area contributed by atoms with Crippen LogP contribution in [0.25, 0.3) is 0 Å². The Morgan fingerprint density at radius 1 is 1.04 bits per heavy atom. The first-order valence-electron chi connectivity index (χ1n) is 7.25. The molecular formula is C17H19N3O3. The minimum Gasteiger partial charge on any atom is -0.350 e. The Morgan fingerprint density at radius 2 is 1.74 bits per heavy atom. The normalized spacial score (nSPS) is 10.2. The number of nitrogens with one attached hydrogen (secondary N) is 3. The molecule has 6 nitrogen and oxygen atoms in total. The second-order valence-corrected chi connectivity index (χ2v) is 5.36. The monoisotopic (exact) mass is 313 g/mol. The Bertz CT molecular complexity index is 763. The highest BCUT2D eigenvalue weighted by Crippen LogP contribution is 2.02. The minimum absolute atomic E-state index is 0.116. The van der Waals surface area contributed by atoms with Gasteiger partial charge in [-0.2, -0.15) is 0 Å². The molecule has 2 aromatic rings. The lowest BCUT2D eigenvalue weighted by Gasteiger charge is -2.07. The zero-order chi connectivity index (χ0) is 16.8. The van der Waals surface area contributed by atoms with E-state index in [1.165, 1.54) is 6.07 Å². The summed E-state index contributed by atoms with van der Waals surface area (Å²) in [5, 5.41) is 5.22. The SMILES string of the molecule is Cc1ccc(C(=O)NCC(=O)NCc2cc(C)[nH]c(=O)c2)cc1. The smallest absolute Gasteiger partial charge is 0.251 e. The summed E-state index contributed by atoms with van der Waals surface area (Å²) < 4.78 is 0. The Balaban J connectivity index is 1.82. The summed E-state index contributed by atoms with van der Waals surface area (Å²) in [7, 11) is 0. The van der Waals surface area contributed by atoms with Crippen LogP contribution in [-0.2, 0) is 11.3 Å². The van der Waals surface area contributed by atoms with E-state index < -0.39 is 0 Å². The van der Waals surface area contributed by atoms with Crippen molar-refractivity contribution in [3.63, 3.8) is 0 Å². The van der Waals surface area contributed by atoms with Crippen LogP contribution in [0.3, 0.4) is 0 Å². The average Bonchev–Trinajstić information content (AvgIpc) is 2.50. The Kier molecular flexibility index (Phi) is 5.30. The van der Waals surface area contributed by atoms with Crippen molar-refractivity contribution in [3.05, 3.63) is 69.1 Å². The van der Waals surface area contributed by atoms with Crippen molar-refractivity contribution in [1.82, 2.24) is 15.6 Å². The minimum atomic E-state index is -0.316. The first-order valence-corrected chi connectivity index (χ1v) is 7.25. The molecule has 0 bridgehead atoms. The Morgan fingerprint density at radius 3 is 2.39 bits per heavy atom. The van der Waals surface area contributed by atoms with Gasteiger partial charge in [-0.3, -0.25) is 14.4 Å². The molecule has 0 unspecified atom stereocenters. The molecule has 0 atom stereocenters. The predicted octanol–water partition coefficient (Wildman–Crippen LogP) is 1.04. The summed E-state index contributed by atoms with van der Waals surface area (Å²) in [4.78, 5) is 37.6. The van der Waals surface area contributed by atoms with Crippen LogP contribution < -0.4 is 16.2 Å². The van der Waals surface area contributed by atoms with E-state index in [0.29, 0.717) is 11.1 Å². The number of hydrogen-bond acceptors (Lipinski definition) is 3. The molecule has 1 aromatic heterocycles. The number of pyridine rings is 1. The highest BCUT2D eigenvalue weighted by atomic mass is 16.2. The highest BCUT2D eigenvalue weighted by molar-refractivity contribution is 5.96. The van der Waals surface area contributed by atoms with Crippen molar-refractivity contribution in [1.29, 1.82) is 0 Å². The molecule has 6 heteroatoms. The lowest BCUT2D eigenvalue weighted by atomic mass is 10.1. The van der Waals surface area contributed by atoms with Crippen molar-refractivity contribution >= 4 is 11.8 Å². The van der Waals surface area contributed by atoms with Gasteiger partial charge in [0.2, 0.25) is 11.5 Å². The fourth-order valence-corrected chi connectivity index (χ4v) is 2.09. The molecule has 0 radical (unpaired) electrons. The fraction of sp³-hybridized carbons (Fsp3) is 0.235. The van der Waals surface area contributed by atoms with Gasteiger partial charge in [0.05, 0.1) is 6.54 Å². The molecule has 2 amide bonds. The summed E-state index contributed by atoms with van der Waals surface area (Å²) in [5.41, 5.74) is 2.81. The molecule has 0 aliphatic heterocycles. The van der Waals surface area contributed by atoms with Gasteiger partial charge in [0, 0.05) is 23.9 Å². The number of amides is 2. The zero-order valence-corrected chi connectivity index (χ0v) is 13.1. The van der Waals surface area contributed by atoms with Crippen LogP contribution in [0, 0.1) is 13.8 Å². The molecule has 0 fully saturated rings. The number of aryl methyl sites for hydroxylation is 2. The van der Waals surface area contributed by atoms with Crippen molar-refractivity contribution in [2.45, 2.75) is 20.4 Å². The fourth-order valence-electron chi connectivity index (χ4n) is 2.09. The maximum atomic E-state index is 11.9. The van der Waals surface area contributed by atoms with Crippen LogP contribution in [0.4, 0.5) is 0 Å². The van der Waals surface area contributed by atoms with Gasteiger partial charge in [-0.15, -0.1) is 0 Å². The highest BCUT2D eigenvalue weighted by Gasteiger charge is 2.08. The Hall–Kier alpha value is -2.89. The third kappa shape index (κ3) is 5.10. The van der Waals surface area contributed by atoms with Crippen molar-refractivity contribution in [3.8, 4) is 0 Å². The largest absolute Gasteiger partial charge is 0.350 e. The van der Waals surface area contributed by atoms with E-state index in [4.69, 9.17) is 0 Å². The average molecular weight is 313 g/mol. The zero-order valence-electron chi connectivity index (χ0n) is 13.1. The van der Waals surface area contributed by atoms with Gasteiger partial charge in [-0.05, 0) is 37.6 Å². The number of carbonyl (C=O) groups excluding carboxylic acids is 2. The van der Waals surface area contributed by atoms with E-state index in [-0.39, 0.29) is 30.5 Å². The van der Waals surface area contributed by atoms with E-state index in [9.17, 15) is 14.4 Å². The number of hydrogen-bond donors (Lipinski definition) is 3. The third-order valence-electron chi connectivity index (χ3n) is 3.25. The van der Waals surface area contributed by atoms with Gasteiger partial charge in [0.25, 0.3) is 5.91 Å². The standard InChI is InChI=1S/C17H19N3O3/c1-11-3-5-14(6-4-11)17(23)19-10-16(22)18-9-13-7-12(2)20-15(21)8-13/h3-8H,9-10H2,1-2H3,(H,18,22)(H,19,23)(H,20,21). The second kappa shape index (κ2) is 7.40. The number of H-pyrrole nitrogens is 1. The molecule has 23 heavy (non-hydrogen) atoms. The number of aromatic nitrogens is 1. The van der Waals surface area contributed by atoms with Gasteiger partial charge in [0.15, 0.2) is 0 Å². The van der Waals surface area contributed by atoms with E-state index in [1.54, 1.807) is 25.1 Å². The van der Waals surface area contributed by atoms with Crippen molar-refractivity contribution < 1.29 is 9.59 Å². The molecule has 0 spiro atoms. The van der Waals surface area contributed by atoms with Gasteiger partial charge in [0.1, 0.15) is 0 Å².